The number of carboxylic acids is 1. The van der Waals surface area contributed by atoms with Gasteiger partial charge in [0.05, 0.1) is 23.3 Å². The van der Waals surface area contributed by atoms with E-state index in [1.54, 1.807) is 12.3 Å². The molecule has 1 spiro atoms. The molecule has 31 heavy (non-hydrogen) atoms. The average Bonchev–Trinajstić information content (AvgIpc) is 2.98. The summed E-state index contributed by atoms with van der Waals surface area (Å²) in [5.41, 5.74) is 1.01. The van der Waals surface area contributed by atoms with E-state index in [9.17, 15) is 22.8 Å². The maximum absolute atomic E-state index is 12.2. The second-order valence-corrected chi connectivity index (χ2v) is 8.10. The van der Waals surface area contributed by atoms with Crippen LogP contribution in [0.1, 0.15) is 25.0 Å². The lowest BCUT2D eigenvalue weighted by Crippen LogP contribution is -2.40. The van der Waals surface area contributed by atoms with Gasteiger partial charge in [0.15, 0.2) is 0 Å². The van der Waals surface area contributed by atoms with E-state index in [1.807, 2.05) is 6.92 Å². The van der Waals surface area contributed by atoms with E-state index < -0.39 is 12.1 Å². The number of aliphatic carboxylic acids is 1. The topological polar surface area (TPSA) is 130 Å². The summed E-state index contributed by atoms with van der Waals surface area (Å²) in [5.74, 6) is -2.88. The molecule has 0 aromatic carbocycles. The molecule has 1 atom stereocenters. The first-order valence-corrected chi connectivity index (χ1v) is 10.1. The third kappa shape index (κ3) is 7.06. The van der Waals surface area contributed by atoms with Crippen LogP contribution in [-0.2, 0) is 14.3 Å². The molecule has 2 aliphatic heterocycles. The smallest absolute Gasteiger partial charge is 0.475 e. The Labute approximate surface area is 184 Å². The van der Waals surface area contributed by atoms with Gasteiger partial charge in [0.25, 0.3) is 0 Å². The molecular weight excluding hydrogens is 489 g/mol. The van der Waals surface area contributed by atoms with Crippen molar-refractivity contribution in [2.24, 2.45) is 5.41 Å². The molecule has 4 N–H and O–H groups in total. The van der Waals surface area contributed by atoms with Gasteiger partial charge in [0, 0.05) is 17.1 Å². The van der Waals surface area contributed by atoms with E-state index in [-0.39, 0.29) is 23.5 Å². The maximum Gasteiger partial charge on any atom is 0.490 e. The minimum Gasteiger partial charge on any atom is -0.475 e. The number of anilines is 1. The Balaban J connectivity index is 0.000000423. The molecule has 13 heteroatoms. The molecule has 0 aliphatic carbocycles. The first-order valence-electron chi connectivity index (χ1n) is 9.32. The Kier molecular flexibility index (Phi) is 8.23. The molecule has 2 saturated heterocycles. The maximum atomic E-state index is 12.2. The third-order valence-electron chi connectivity index (χ3n) is 4.92. The highest BCUT2D eigenvalue weighted by molar-refractivity contribution is 9.10. The van der Waals surface area contributed by atoms with E-state index in [2.05, 4.69) is 36.9 Å². The summed E-state index contributed by atoms with van der Waals surface area (Å²) in [4.78, 5) is 37.3. The highest BCUT2D eigenvalue weighted by atomic mass is 79.9. The van der Waals surface area contributed by atoms with E-state index in [0.717, 1.165) is 36.1 Å². The van der Waals surface area contributed by atoms with Gasteiger partial charge >= 0.3 is 24.1 Å². The van der Waals surface area contributed by atoms with Crippen LogP contribution in [-0.4, -0.2) is 60.0 Å². The standard InChI is InChI=1S/C16H21BrN4O3.C2HF3O2/c1-10-13(6-11(17)8-19-10)21-15(23)20-9-12-7-16(14(22)24-12)2-4-18-5-3-16;3-2(4,5)1(6)7/h6,8,12,18H,2-5,7,9H2,1H3,(H2,20,21,23);(H,6,7). The van der Waals surface area contributed by atoms with Gasteiger partial charge in [0.1, 0.15) is 6.10 Å². The van der Waals surface area contributed by atoms with Gasteiger partial charge < -0.3 is 25.8 Å². The predicted octanol–water partition coefficient (Wildman–Crippen LogP) is 2.59. The van der Waals surface area contributed by atoms with Crippen molar-refractivity contribution in [3.63, 3.8) is 0 Å². The first kappa shape index (κ1) is 24.9. The van der Waals surface area contributed by atoms with Crippen LogP contribution in [0.3, 0.4) is 0 Å². The summed E-state index contributed by atoms with van der Waals surface area (Å²) >= 11 is 3.33. The number of alkyl halides is 3. The number of pyridine rings is 1. The molecular formula is C18H22BrF3N4O5. The largest absolute Gasteiger partial charge is 0.490 e. The van der Waals surface area contributed by atoms with Gasteiger partial charge in [-0.05, 0) is 54.9 Å². The molecule has 2 fully saturated rings. The van der Waals surface area contributed by atoms with Gasteiger partial charge in [-0.25, -0.2) is 9.59 Å². The highest BCUT2D eigenvalue weighted by Gasteiger charge is 2.49. The Morgan fingerprint density at radius 3 is 2.58 bits per heavy atom. The number of aromatic nitrogens is 1. The summed E-state index contributed by atoms with van der Waals surface area (Å²) < 4.78 is 38.0. The third-order valence-corrected chi connectivity index (χ3v) is 5.35. The van der Waals surface area contributed by atoms with Crippen LogP contribution in [0.4, 0.5) is 23.7 Å². The number of nitrogens with one attached hydrogen (secondary N) is 3. The van der Waals surface area contributed by atoms with Gasteiger partial charge in [-0.1, -0.05) is 0 Å². The van der Waals surface area contributed by atoms with Gasteiger partial charge in [-0.15, -0.1) is 0 Å². The summed E-state index contributed by atoms with van der Waals surface area (Å²) in [6.45, 7) is 3.81. The van der Waals surface area contributed by atoms with Crippen molar-refractivity contribution in [3.8, 4) is 0 Å². The monoisotopic (exact) mass is 510 g/mol. The highest BCUT2D eigenvalue weighted by Crippen LogP contribution is 2.41. The lowest BCUT2D eigenvalue weighted by Gasteiger charge is -2.29. The van der Waals surface area contributed by atoms with Gasteiger partial charge in [-0.2, -0.15) is 13.2 Å². The number of piperidine rings is 1. The van der Waals surface area contributed by atoms with Crippen LogP contribution >= 0.6 is 15.9 Å². The van der Waals surface area contributed by atoms with Crippen LogP contribution in [0.25, 0.3) is 0 Å². The predicted molar refractivity (Wildman–Crippen MR) is 106 cm³/mol. The SMILES string of the molecule is Cc1ncc(Br)cc1NC(=O)NCC1CC2(CCNCC2)C(=O)O1.O=C(O)C(F)(F)F. The van der Waals surface area contributed by atoms with Crippen molar-refractivity contribution < 1.29 is 37.4 Å². The molecule has 2 aliphatic rings. The molecule has 1 aromatic heterocycles. The van der Waals surface area contributed by atoms with Crippen molar-refractivity contribution in [2.45, 2.75) is 38.5 Å². The second kappa shape index (κ2) is 10.3. The van der Waals surface area contributed by atoms with E-state index in [4.69, 9.17) is 14.6 Å². The van der Waals surface area contributed by atoms with E-state index >= 15 is 0 Å². The zero-order valence-electron chi connectivity index (χ0n) is 16.5. The number of esters is 1. The van der Waals surface area contributed by atoms with Gasteiger partial charge in [-0.3, -0.25) is 9.78 Å². The number of cyclic esters (lactones) is 1. The number of amides is 2. The van der Waals surface area contributed by atoms with Crippen LogP contribution in [0.2, 0.25) is 0 Å². The molecule has 0 saturated carbocycles. The second-order valence-electron chi connectivity index (χ2n) is 7.19. The number of hydrogen-bond donors (Lipinski definition) is 4. The number of rotatable bonds is 3. The number of ether oxygens (including phenoxy) is 1. The fourth-order valence-corrected chi connectivity index (χ4v) is 3.60. The quantitative estimate of drug-likeness (QED) is 0.459. The zero-order valence-corrected chi connectivity index (χ0v) is 18.1. The molecule has 1 aromatic rings. The van der Waals surface area contributed by atoms with Crippen molar-refractivity contribution in [1.82, 2.24) is 15.6 Å². The first-order chi connectivity index (χ1) is 14.4. The number of nitrogens with zero attached hydrogens (tertiary/aromatic N) is 1. The van der Waals surface area contributed by atoms with E-state index in [0.29, 0.717) is 18.7 Å². The molecule has 1 unspecified atom stereocenters. The van der Waals surface area contributed by atoms with Crippen LogP contribution in [0.15, 0.2) is 16.7 Å². The summed E-state index contributed by atoms with van der Waals surface area (Å²) in [6, 6.07) is 1.46. The number of carbonyl (C=O) groups excluding carboxylic acids is 2. The molecule has 0 bridgehead atoms. The van der Waals surface area contributed by atoms with Crippen molar-refractivity contribution in [1.29, 1.82) is 0 Å². The minimum atomic E-state index is -5.08. The molecule has 9 nitrogen and oxygen atoms in total. The number of hydrogen-bond acceptors (Lipinski definition) is 6. The van der Waals surface area contributed by atoms with Crippen molar-refractivity contribution in [3.05, 3.63) is 22.4 Å². The fraction of sp³-hybridized carbons (Fsp3) is 0.556. The van der Waals surface area contributed by atoms with Crippen molar-refractivity contribution >= 4 is 39.6 Å². The normalized spacial score (nSPS) is 19.8. The molecule has 172 valence electrons. The van der Waals surface area contributed by atoms with Crippen LogP contribution < -0.4 is 16.0 Å². The molecule has 2 amide bonds. The number of halogens is 4. The summed E-state index contributed by atoms with van der Waals surface area (Å²) in [5, 5.41) is 15.9. The zero-order chi connectivity index (χ0) is 23.2. The van der Waals surface area contributed by atoms with Crippen molar-refractivity contribution in [2.75, 3.05) is 25.0 Å². The lowest BCUT2D eigenvalue weighted by atomic mass is 9.76. The van der Waals surface area contributed by atoms with E-state index in [1.165, 1.54) is 0 Å². The number of urea groups is 1. The van der Waals surface area contributed by atoms with Crippen LogP contribution in [0.5, 0.6) is 0 Å². The lowest BCUT2D eigenvalue weighted by molar-refractivity contribution is -0.192. The Hall–Kier alpha value is -2.41. The molecule has 0 radical (unpaired) electrons. The molecule has 3 heterocycles. The summed E-state index contributed by atoms with van der Waals surface area (Å²) in [7, 11) is 0. The summed E-state index contributed by atoms with van der Waals surface area (Å²) in [6.07, 6.45) is -1.39. The minimum absolute atomic E-state index is 0.122. The number of aryl methyl sites for hydroxylation is 1. The number of carboxylic acid groups (broad SMARTS) is 1. The molecule has 3 rings (SSSR count). The average molecular weight is 511 g/mol. The Morgan fingerprint density at radius 2 is 2.00 bits per heavy atom. The Morgan fingerprint density at radius 1 is 1.39 bits per heavy atom. The number of carbonyl (C=O) groups is 3. The fourth-order valence-electron chi connectivity index (χ4n) is 3.27. The Bertz CT molecular complexity index is 831. The van der Waals surface area contributed by atoms with Gasteiger partial charge in [0.2, 0.25) is 0 Å². The van der Waals surface area contributed by atoms with Crippen LogP contribution in [0, 0.1) is 12.3 Å².